The first kappa shape index (κ1) is 22.5. The molecule has 28 heavy (non-hydrogen) atoms. The molecule has 0 atom stereocenters. The Balaban J connectivity index is 2.09. The number of benzene rings is 2. The standard InChI is InChI=1S/C19H22Cl2N2O4S/c1-13(2)27-11-3-10-22-19(24)14-4-9-17(21)18(12-14)28(25,26)23-16-7-5-15(20)6-8-16/h4-9,12-13,23H,3,10-11H2,1-2H3,(H,22,24). The van der Waals surface area contributed by atoms with E-state index in [-0.39, 0.29) is 27.5 Å². The molecule has 0 heterocycles. The monoisotopic (exact) mass is 444 g/mol. The molecular weight excluding hydrogens is 423 g/mol. The van der Waals surface area contributed by atoms with Crippen molar-refractivity contribution in [3.8, 4) is 0 Å². The van der Waals surface area contributed by atoms with Crippen LogP contribution in [0.15, 0.2) is 47.4 Å². The number of carbonyl (C=O) groups is 1. The second-order valence-corrected chi connectivity index (χ2v) is 8.78. The molecule has 2 N–H and O–H groups in total. The highest BCUT2D eigenvalue weighted by Gasteiger charge is 2.20. The molecule has 0 fully saturated rings. The Morgan fingerprint density at radius 1 is 1.11 bits per heavy atom. The average molecular weight is 445 g/mol. The van der Waals surface area contributed by atoms with E-state index in [9.17, 15) is 13.2 Å². The summed E-state index contributed by atoms with van der Waals surface area (Å²) in [5.74, 6) is -0.385. The maximum Gasteiger partial charge on any atom is 0.263 e. The average Bonchev–Trinajstić information content (AvgIpc) is 2.63. The highest BCUT2D eigenvalue weighted by molar-refractivity contribution is 7.92. The van der Waals surface area contributed by atoms with Crippen molar-refractivity contribution in [2.24, 2.45) is 0 Å². The molecule has 6 nitrogen and oxygen atoms in total. The third kappa shape index (κ3) is 6.67. The van der Waals surface area contributed by atoms with Crippen LogP contribution < -0.4 is 10.0 Å². The first-order valence-electron chi connectivity index (χ1n) is 8.67. The van der Waals surface area contributed by atoms with Crippen molar-refractivity contribution in [3.63, 3.8) is 0 Å². The number of ether oxygens (including phenoxy) is 1. The van der Waals surface area contributed by atoms with Crippen LogP contribution in [0.2, 0.25) is 10.0 Å². The number of hydrogen-bond donors (Lipinski definition) is 2. The summed E-state index contributed by atoms with van der Waals surface area (Å²) in [7, 11) is -3.98. The predicted octanol–water partition coefficient (Wildman–Crippen LogP) is 4.34. The molecule has 2 aromatic rings. The van der Waals surface area contributed by atoms with Gasteiger partial charge in [0, 0.05) is 29.4 Å². The van der Waals surface area contributed by atoms with Crippen molar-refractivity contribution in [3.05, 3.63) is 58.1 Å². The van der Waals surface area contributed by atoms with Gasteiger partial charge in [-0.15, -0.1) is 0 Å². The molecule has 2 rings (SSSR count). The fourth-order valence-electron chi connectivity index (χ4n) is 2.27. The number of carbonyl (C=O) groups excluding carboxylic acids is 1. The molecule has 0 aliphatic heterocycles. The van der Waals surface area contributed by atoms with Gasteiger partial charge >= 0.3 is 0 Å². The van der Waals surface area contributed by atoms with Crippen LogP contribution in [0.1, 0.15) is 30.6 Å². The number of amides is 1. The lowest BCUT2D eigenvalue weighted by molar-refractivity contribution is 0.0757. The molecular formula is C19H22Cl2N2O4S. The summed E-state index contributed by atoms with van der Waals surface area (Å²) in [5, 5.41) is 3.24. The summed E-state index contributed by atoms with van der Waals surface area (Å²) in [6.07, 6.45) is 0.786. The van der Waals surface area contributed by atoms with E-state index in [1.165, 1.54) is 30.3 Å². The van der Waals surface area contributed by atoms with Crippen molar-refractivity contribution in [2.75, 3.05) is 17.9 Å². The van der Waals surface area contributed by atoms with E-state index < -0.39 is 10.0 Å². The van der Waals surface area contributed by atoms with Crippen LogP contribution in [0.5, 0.6) is 0 Å². The molecule has 0 radical (unpaired) electrons. The topological polar surface area (TPSA) is 84.5 Å². The molecule has 0 aliphatic carbocycles. The highest BCUT2D eigenvalue weighted by atomic mass is 35.5. The van der Waals surface area contributed by atoms with Crippen LogP contribution in [0.25, 0.3) is 0 Å². The van der Waals surface area contributed by atoms with E-state index in [1.807, 2.05) is 13.8 Å². The van der Waals surface area contributed by atoms with Gasteiger partial charge in [0.2, 0.25) is 0 Å². The first-order valence-corrected chi connectivity index (χ1v) is 10.9. The summed E-state index contributed by atoms with van der Waals surface area (Å²) in [6, 6.07) is 10.3. The van der Waals surface area contributed by atoms with Gasteiger partial charge in [-0.3, -0.25) is 9.52 Å². The van der Waals surface area contributed by atoms with Crippen LogP contribution in [0, 0.1) is 0 Å². The Morgan fingerprint density at radius 2 is 1.79 bits per heavy atom. The summed E-state index contributed by atoms with van der Waals surface area (Å²) >= 11 is 11.9. The Morgan fingerprint density at radius 3 is 2.43 bits per heavy atom. The molecule has 1 amide bonds. The molecule has 152 valence electrons. The minimum atomic E-state index is -3.98. The van der Waals surface area contributed by atoms with E-state index in [0.717, 1.165) is 0 Å². The number of nitrogens with one attached hydrogen (secondary N) is 2. The summed E-state index contributed by atoms with van der Waals surface area (Å²) in [5.41, 5.74) is 0.533. The minimum absolute atomic E-state index is 0.0170. The van der Waals surface area contributed by atoms with Gasteiger partial charge in [-0.2, -0.15) is 0 Å². The van der Waals surface area contributed by atoms with Crippen molar-refractivity contribution in [2.45, 2.75) is 31.3 Å². The fraction of sp³-hybridized carbons (Fsp3) is 0.316. The molecule has 0 spiro atoms. The number of anilines is 1. The number of rotatable bonds is 9. The van der Waals surface area contributed by atoms with Crippen molar-refractivity contribution < 1.29 is 17.9 Å². The lowest BCUT2D eigenvalue weighted by atomic mass is 10.2. The Bertz CT molecular complexity index is 916. The Kier molecular flexibility index (Phi) is 8.12. The molecule has 0 saturated carbocycles. The van der Waals surface area contributed by atoms with E-state index >= 15 is 0 Å². The van der Waals surface area contributed by atoms with E-state index in [1.54, 1.807) is 12.1 Å². The Labute approximate surface area is 175 Å². The Hall–Kier alpha value is -1.80. The van der Waals surface area contributed by atoms with Crippen molar-refractivity contribution in [1.29, 1.82) is 0 Å². The van der Waals surface area contributed by atoms with Gasteiger partial charge in [0.1, 0.15) is 4.90 Å². The number of halogens is 2. The van der Waals surface area contributed by atoms with E-state index in [0.29, 0.717) is 30.3 Å². The fourth-order valence-corrected chi connectivity index (χ4v) is 3.99. The molecule has 0 saturated heterocycles. The molecule has 0 aliphatic rings. The normalized spacial score (nSPS) is 11.5. The molecule has 0 unspecified atom stereocenters. The largest absolute Gasteiger partial charge is 0.379 e. The molecule has 9 heteroatoms. The van der Waals surface area contributed by atoms with Crippen LogP contribution in [0.3, 0.4) is 0 Å². The minimum Gasteiger partial charge on any atom is -0.379 e. The first-order chi connectivity index (χ1) is 13.2. The second kappa shape index (κ2) is 10.1. The van der Waals surface area contributed by atoms with Crippen LogP contribution in [0.4, 0.5) is 5.69 Å². The molecule has 0 bridgehead atoms. The summed E-state index contributed by atoms with van der Waals surface area (Å²) < 4.78 is 33.2. The van der Waals surface area contributed by atoms with Crippen molar-refractivity contribution >= 4 is 44.8 Å². The summed E-state index contributed by atoms with van der Waals surface area (Å²) in [4.78, 5) is 12.1. The van der Waals surface area contributed by atoms with E-state index in [4.69, 9.17) is 27.9 Å². The third-order valence-electron chi connectivity index (χ3n) is 3.64. The number of sulfonamides is 1. The van der Waals surface area contributed by atoms with Gasteiger partial charge in [0.25, 0.3) is 15.9 Å². The SMILES string of the molecule is CC(C)OCCCNC(=O)c1ccc(Cl)c(S(=O)(=O)Nc2ccc(Cl)cc2)c1. The smallest absolute Gasteiger partial charge is 0.263 e. The zero-order valence-corrected chi connectivity index (χ0v) is 17.9. The zero-order chi connectivity index (χ0) is 20.7. The van der Waals surface area contributed by atoms with Gasteiger partial charge in [-0.25, -0.2) is 8.42 Å². The second-order valence-electron chi connectivity index (χ2n) is 6.29. The van der Waals surface area contributed by atoms with E-state index in [2.05, 4.69) is 10.0 Å². The van der Waals surface area contributed by atoms with Gasteiger partial charge in [0.15, 0.2) is 0 Å². The van der Waals surface area contributed by atoms with Crippen LogP contribution in [-0.2, 0) is 14.8 Å². The van der Waals surface area contributed by atoms with Gasteiger partial charge in [-0.05, 0) is 62.7 Å². The third-order valence-corrected chi connectivity index (χ3v) is 5.75. The maximum absolute atomic E-state index is 12.7. The zero-order valence-electron chi connectivity index (χ0n) is 15.5. The van der Waals surface area contributed by atoms with Crippen molar-refractivity contribution in [1.82, 2.24) is 5.32 Å². The lowest BCUT2D eigenvalue weighted by Crippen LogP contribution is -2.26. The lowest BCUT2D eigenvalue weighted by Gasteiger charge is -2.12. The maximum atomic E-state index is 12.7. The summed E-state index contributed by atoms with van der Waals surface area (Å²) in [6.45, 7) is 4.82. The quantitative estimate of drug-likeness (QED) is 0.563. The molecule has 2 aromatic carbocycles. The van der Waals surface area contributed by atoms with Crippen LogP contribution >= 0.6 is 23.2 Å². The highest BCUT2D eigenvalue weighted by Crippen LogP contribution is 2.25. The predicted molar refractivity (Wildman–Crippen MR) is 112 cm³/mol. The number of hydrogen-bond acceptors (Lipinski definition) is 4. The van der Waals surface area contributed by atoms with Gasteiger partial charge < -0.3 is 10.1 Å². The van der Waals surface area contributed by atoms with Gasteiger partial charge in [-0.1, -0.05) is 23.2 Å². The van der Waals surface area contributed by atoms with Gasteiger partial charge in [0.05, 0.1) is 11.1 Å². The van der Waals surface area contributed by atoms with Crippen LogP contribution in [-0.4, -0.2) is 33.6 Å². The molecule has 0 aromatic heterocycles.